The molecule has 0 radical (unpaired) electrons. The van der Waals surface area contributed by atoms with Crippen molar-refractivity contribution in [2.45, 2.75) is 19.3 Å². The Hall–Kier alpha value is -6.22. The minimum atomic E-state index is -0.0150. The quantitative estimate of drug-likeness (QED) is 0.167. The number of benzene rings is 8. The molecule has 0 aliphatic heterocycles. The van der Waals surface area contributed by atoms with Crippen molar-refractivity contribution in [3.05, 3.63) is 199 Å². The first-order chi connectivity index (χ1) is 26.0. The fraction of sp³-hybridized carbons (Fsp3) is 0.0588. The number of nitrogens with zero attached hydrogens (tertiary/aromatic N) is 1. The molecular formula is C51H37NS. The van der Waals surface area contributed by atoms with Crippen LogP contribution in [0.2, 0.25) is 0 Å². The van der Waals surface area contributed by atoms with E-state index in [1.54, 1.807) is 0 Å². The van der Waals surface area contributed by atoms with Crippen molar-refractivity contribution in [1.82, 2.24) is 0 Å². The van der Waals surface area contributed by atoms with Crippen molar-refractivity contribution in [2.24, 2.45) is 0 Å². The summed E-state index contributed by atoms with van der Waals surface area (Å²) in [6.45, 7) is 4.68. The molecule has 0 saturated heterocycles. The first kappa shape index (κ1) is 31.5. The molecule has 0 amide bonds. The SMILES string of the molecule is CC1(C)c2ccccc2-c2cc(-c3cccc(N(c4ccc(-c5cccc6c5sc5ccccc56)cc4)c4ccccc4-c4ccccc4)c3)ccc21. The van der Waals surface area contributed by atoms with E-state index in [0.717, 1.165) is 17.1 Å². The number of thiophene rings is 1. The van der Waals surface area contributed by atoms with Gasteiger partial charge in [0.2, 0.25) is 0 Å². The van der Waals surface area contributed by atoms with Gasteiger partial charge in [0.25, 0.3) is 0 Å². The molecule has 2 heteroatoms. The molecule has 1 nitrogen and oxygen atoms in total. The molecule has 0 unspecified atom stereocenters. The van der Waals surface area contributed by atoms with E-state index in [4.69, 9.17) is 0 Å². The second kappa shape index (κ2) is 12.5. The van der Waals surface area contributed by atoms with Gasteiger partial charge in [-0.15, -0.1) is 11.3 Å². The summed E-state index contributed by atoms with van der Waals surface area (Å²) in [6.07, 6.45) is 0. The van der Waals surface area contributed by atoms with Crippen LogP contribution in [0.25, 0.3) is 64.7 Å². The van der Waals surface area contributed by atoms with Gasteiger partial charge in [0, 0.05) is 42.5 Å². The number of hydrogen-bond acceptors (Lipinski definition) is 2. The van der Waals surface area contributed by atoms with Gasteiger partial charge in [-0.1, -0.05) is 159 Å². The lowest BCUT2D eigenvalue weighted by atomic mass is 9.82. The fourth-order valence-electron chi connectivity index (χ4n) is 8.45. The highest BCUT2D eigenvalue weighted by atomic mass is 32.1. The maximum atomic E-state index is 2.42. The van der Waals surface area contributed by atoms with Gasteiger partial charge in [0.05, 0.1) is 5.69 Å². The number of anilines is 3. The molecule has 9 aromatic rings. The maximum absolute atomic E-state index is 2.42. The van der Waals surface area contributed by atoms with Crippen LogP contribution in [0.3, 0.4) is 0 Å². The number of hydrogen-bond donors (Lipinski definition) is 0. The summed E-state index contributed by atoms with van der Waals surface area (Å²) in [6, 6.07) is 69.0. The van der Waals surface area contributed by atoms with Crippen molar-refractivity contribution in [3.8, 4) is 44.5 Å². The fourth-order valence-corrected chi connectivity index (χ4v) is 9.68. The molecule has 1 aliphatic rings. The largest absolute Gasteiger partial charge is 0.310 e. The van der Waals surface area contributed by atoms with Crippen LogP contribution < -0.4 is 4.90 Å². The summed E-state index contributed by atoms with van der Waals surface area (Å²) in [5.74, 6) is 0. The Kier molecular flexibility index (Phi) is 7.42. The van der Waals surface area contributed by atoms with Crippen LogP contribution in [0.5, 0.6) is 0 Å². The van der Waals surface area contributed by atoms with Crippen molar-refractivity contribution < 1.29 is 0 Å². The second-order valence-electron chi connectivity index (χ2n) is 14.5. The third kappa shape index (κ3) is 5.21. The van der Waals surface area contributed by atoms with Crippen LogP contribution in [0.1, 0.15) is 25.0 Å². The van der Waals surface area contributed by atoms with Gasteiger partial charge < -0.3 is 4.90 Å². The Bertz CT molecular complexity index is 2810. The topological polar surface area (TPSA) is 3.24 Å². The molecule has 0 saturated carbocycles. The molecule has 0 atom stereocenters. The van der Waals surface area contributed by atoms with Crippen LogP contribution in [-0.4, -0.2) is 0 Å². The van der Waals surface area contributed by atoms with E-state index < -0.39 is 0 Å². The lowest BCUT2D eigenvalue weighted by molar-refractivity contribution is 0.660. The molecule has 1 aliphatic carbocycles. The van der Waals surface area contributed by atoms with E-state index in [1.807, 2.05) is 11.3 Å². The summed E-state index contributed by atoms with van der Waals surface area (Å²) in [5, 5.41) is 2.65. The molecule has 0 N–H and O–H groups in total. The van der Waals surface area contributed by atoms with Crippen molar-refractivity contribution in [3.63, 3.8) is 0 Å². The zero-order valence-electron chi connectivity index (χ0n) is 29.8. The van der Waals surface area contributed by atoms with Gasteiger partial charge in [0.15, 0.2) is 0 Å². The first-order valence-corrected chi connectivity index (χ1v) is 19.2. The number of para-hydroxylation sites is 1. The lowest BCUT2D eigenvalue weighted by Crippen LogP contribution is -2.14. The van der Waals surface area contributed by atoms with E-state index >= 15 is 0 Å². The van der Waals surface area contributed by atoms with Gasteiger partial charge in [0.1, 0.15) is 0 Å². The predicted molar refractivity (Wildman–Crippen MR) is 228 cm³/mol. The molecule has 8 aromatic carbocycles. The van der Waals surface area contributed by atoms with Crippen LogP contribution >= 0.6 is 11.3 Å². The summed E-state index contributed by atoms with van der Waals surface area (Å²) in [7, 11) is 0. The van der Waals surface area contributed by atoms with Gasteiger partial charge in [-0.05, 0) is 92.5 Å². The zero-order valence-corrected chi connectivity index (χ0v) is 30.6. The molecule has 252 valence electrons. The van der Waals surface area contributed by atoms with Crippen molar-refractivity contribution in [1.29, 1.82) is 0 Å². The Balaban J connectivity index is 1.11. The van der Waals surface area contributed by atoms with E-state index in [9.17, 15) is 0 Å². The smallest absolute Gasteiger partial charge is 0.0540 e. The van der Waals surface area contributed by atoms with Crippen LogP contribution in [0.4, 0.5) is 17.1 Å². The Morgan fingerprint density at radius 3 is 1.87 bits per heavy atom. The minimum Gasteiger partial charge on any atom is -0.310 e. The van der Waals surface area contributed by atoms with Gasteiger partial charge >= 0.3 is 0 Å². The number of fused-ring (bicyclic) bond motifs is 6. The van der Waals surface area contributed by atoms with Crippen LogP contribution in [-0.2, 0) is 5.41 Å². The maximum Gasteiger partial charge on any atom is 0.0540 e. The zero-order chi connectivity index (χ0) is 35.5. The van der Waals surface area contributed by atoms with Gasteiger partial charge in [-0.25, -0.2) is 0 Å². The normalized spacial score (nSPS) is 12.9. The second-order valence-corrected chi connectivity index (χ2v) is 15.6. The third-order valence-electron chi connectivity index (χ3n) is 11.1. The minimum absolute atomic E-state index is 0.0150. The molecule has 0 bridgehead atoms. The molecule has 1 heterocycles. The molecule has 0 fully saturated rings. The lowest BCUT2D eigenvalue weighted by Gasteiger charge is -2.28. The van der Waals surface area contributed by atoms with Gasteiger partial charge in [-0.2, -0.15) is 0 Å². The van der Waals surface area contributed by atoms with Crippen molar-refractivity contribution >= 4 is 48.6 Å². The standard InChI is InChI=1S/C51H37NS/c1-51(2)46-23-9-6-19-42(46)45-33-37(28-31-47(45)51)36-16-12-17-39(32-36)52(48-24-10-7-18-40(48)34-14-4-3-5-15-34)38-29-26-35(27-30-38)41-21-13-22-44-43-20-8-11-25-49(43)53-50(41)44/h3-33H,1-2H3. The molecule has 53 heavy (non-hydrogen) atoms. The molecule has 1 aromatic heterocycles. The molecule has 10 rings (SSSR count). The third-order valence-corrected chi connectivity index (χ3v) is 12.3. The summed E-state index contributed by atoms with van der Waals surface area (Å²) in [4.78, 5) is 2.42. The predicted octanol–water partition coefficient (Wildman–Crippen LogP) is 14.8. The van der Waals surface area contributed by atoms with E-state index in [1.165, 1.54) is 75.8 Å². The van der Waals surface area contributed by atoms with Crippen LogP contribution in [0, 0.1) is 0 Å². The highest BCUT2D eigenvalue weighted by molar-refractivity contribution is 7.26. The van der Waals surface area contributed by atoms with E-state index in [-0.39, 0.29) is 5.41 Å². The Labute approximate surface area is 315 Å². The summed E-state index contributed by atoms with van der Waals surface area (Å²) >= 11 is 1.88. The first-order valence-electron chi connectivity index (χ1n) is 18.3. The molecular weight excluding hydrogens is 659 g/mol. The molecule has 0 spiro atoms. The van der Waals surface area contributed by atoms with E-state index in [0.29, 0.717) is 0 Å². The monoisotopic (exact) mass is 695 g/mol. The van der Waals surface area contributed by atoms with E-state index in [2.05, 4.69) is 207 Å². The Morgan fingerprint density at radius 2 is 1.00 bits per heavy atom. The highest BCUT2D eigenvalue weighted by Gasteiger charge is 2.35. The van der Waals surface area contributed by atoms with Crippen molar-refractivity contribution in [2.75, 3.05) is 4.90 Å². The Morgan fingerprint density at radius 1 is 0.396 bits per heavy atom. The highest BCUT2D eigenvalue weighted by Crippen LogP contribution is 2.50. The van der Waals surface area contributed by atoms with Gasteiger partial charge in [-0.3, -0.25) is 0 Å². The van der Waals surface area contributed by atoms with Crippen LogP contribution in [0.15, 0.2) is 188 Å². The summed E-state index contributed by atoms with van der Waals surface area (Å²) in [5.41, 5.74) is 16.1. The number of rotatable bonds is 6. The summed E-state index contributed by atoms with van der Waals surface area (Å²) < 4.78 is 2.66. The average Bonchev–Trinajstić information content (AvgIpc) is 3.71. The average molecular weight is 696 g/mol.